The second-order valence-electron chi connectivity index (χ2n) is 5.32. The van der Waals surface area contributed by atoms with Gasteiger partial charge in [-0.25, -0.2) is 4.68 Å². The van der Waals surface area contributed by atoms with E-state index < -0.39 is 0 Å². The fourth-order valence-electron chi connectivity index (χ4n) is 2.70. The van der Waals surface area contributed by atoms with Gasteiger partial charge in [-0.3, -0.25) is 4.90 Å². The summed E-state index contributed by atoms with van der Waals surface area (Å²) in [5.41, 5.74) is 0. The molecule has 108 valence electrons. The van der Waals surface area contributed by atoms with Gasteiger partial charge >= 0.3 is 0 Å². The summed E-state index contributed by atoms with van der Waals surface area (Å²) in [5, 5.41) is 15.7. The van der Waals surface area contributed by atoms with Crippen molar-refractivity contribution < 1.29 is 0 Å². The van der Waals surface area contributed by atoms with Crippen molar-refractivity contribution >= 4 is 0 Å². The van der Waals surface area contributed by atoms with E-state index in [9.17, 15) is 0 Å². The minimum Gasteiger partial charge on any atom is -0.311 e. The van der Waals surface area contributed by atoms with Gasteiger partial charge in [-0.15, -0.1) is 5.10 Å². The number of nitrogens with one attached hydrogen (secondary N) is 1. The molecule has 0 aliphatic carbocycles. The first-order chi connectivity index (χ1) is 9.28. The van der Waals surface area contributed by atoms with Crippen LogP contribution < -0.4 is 5.32 Å². The first-order valence-electron chi connectivity index (χ1n) is 7.50. The van der Waals surface area contributed by atoms with Gasteiger partial charge in [0.15, 0.2) is 5.82 Å². The van der Waals surface area contributed by atoms with Crippen LogP contribution in [0.1, 0.15) is 45.9 Å². The molecule has 1 aromatic heterocycles. The van der Waals surface area contributed by atoms with Gasteiger partial charge in [0, 0.05) is 31.7 Å². The zero-order chi connectivity index (χ0) is 13.7. The van der Waals surface area contributed by atoms with Crippen LogP contribution in [-0.2, 0) is 13.1 Å². The van der Waals surface area contributed by atoms with Gasteiger partial charge in [0.1, 0.15) is 0 Å². The maximum atomic E-state index is 4.19. The summed E-state index contributed by atoms with van der Waals surface area (Å²) in [7, 11) is 0. The summed E-state index contributed by atoms with van der Waals surface area (Å²) in [5.74, 6) is 0.997. The monoisotopic (exact) mass is 266 g/mol. The lowest BCUT2D eigenvalue weighted by Gasteiger charge is -2.39. The largest absolute Gasteiger partial charge is 0.311 e. The van der Waals surface area contributed by atoms with Gasteiger partial charge < -0.3 is 5.32 Å². The van der Waals surface area contributed by atoms with E-state index in [-0.39, 0.29) is 0 Å². The molecule has 2 unspecified atom stereocenters. The first kappa shape index (κ1) is 14.4. The summed E-state index contributed by atoms with van der Waals surface area (Å²) >= 11 is 0. The van der Waals surface area contributed by atoms with Crippen LogP contribution in [0.15, 0.2) is 0 Å². The lowest BCUT2D eigenvalue weighted by Crippen LogP contribution is -2.55. The summed E-state index contributed by atoms with van der Waals surface area (Å²) in [6, 6.07) is 1.19. The van der Waals surface area contributed by atoms with E-state index in [1.165, 1.54) is 12.8 Å². The van der Waals surface area contributed by atoms with Crippen molar-refractivity contribution in [3.05, 3.63) is 5.82 Å². The van der Waals surface area contributed by atoms with E-state index >= 15 is 0 Å². The molecule has 1 aliphatic heterocycles. The van der Waals surface area contributed by atoms with Crippen LogP contribution in [0.5, 0.6) is 0 Å². The zero-order valence-electron chi connectivity index (χ0n) is 12.3. The minimum absolute atomic E-state index is 0.592. The van der Waals surface area contributed by atoms with Crippen molar-refractivity contribution in [2.75, 3.05) is 13.1 Å². The number of aromatic nitrogens is 4. The molecular formula is C13H26N6. The molecule has 1 aliphatic rings. The third-order valence-electron chi connectivity index (χ3n) is 3.96. The van der Waals surface area contributed by atoms with Gasteiger partial charge in [0.25, 0.3) is 0 Å². The van der Waals surface area contributed by atoms with E-state index in [0.29, 0.717) is 12.1 Å². The van der Waals surface area contributed by atoms with E-state index in [4.69, 9.17) is 0 Å². The Labute approximate surface area is 115 Å². The maximum absolute atomic E-state index is 4.19. The number of rotatable bonds is 6. The Kier molecular flexibility index (Phi) is 5.27. The van der Waals surface area contributed by atoms with Gasteiger partial charge in [-0.2, -0.15) is 0 Å². The van der Waals surface area contributed by atoms with Crippen LogP contribution in [0.2, 0.25) is 0 Å². The number of hydrogen-bond donors (Lipinski definition) is 1. The molecule has 1 saturated heterocycles. The Morgan fingerprint density at radius 3 is 2.79 bits per heavy atom. The molecular weight excluding hydrogens is 240 g/mol. The summed E-state index contributed by atoms with van der Waals surface area (Å²) in [6.07, 6.45) is 3.40. The molecule has 6 heteroatoms. The Morgan fingerprint density at radius 2 is 2.11 bits per heavy atom. The minimum atomic E-state index is 0.592. The molecule has 19 heavy (non-hydrogen) atoms. The smallest absolute Gasteiger partial charge is 0.165 e. The second-order valence-corrected chi connectivity index (χ2v) is 5.32. The van der Waals surface area contributed by atoms with Gasteiger partial charge in [0.05, 0.1) is 6.54 Å². The molecule has 2 heterocycles. The third-order valence-corrected chi connectivity index (χ3v) is 3.96. The molecule has 1 N–H and O–H groups in total. The number of aryl methyl sites for hydroxylation is 1. The predicted octanol–water partition coefficient (Wildman–Crippen LogP) is 1.05. The molecule has 1 aromatic rings. The highest BCUT2D eigenvalue weighted by atomic mass is 15.5. The van der Waals surface area contributed by atoms with Crippen LogP contribution in [0.4, 0.5) is 0 Å². The number of hydrogen-bond acceptors (Lipinski definition) is 5. The summed E-state index contributed by atoms with van der Waals surface area (Å²) in [4.78, 5) is 2.53. The number of tetrazole rings is 1. The Morgan fingerprint density at radius 1 is 1.26 bits per heavy atom. The van der Waals surface area contributed by atoms with E-state index in [1.54, 1.807) is 0 Å². The van der Waals surface area contributed by atoms with E-state index in [1.807, 2.05) is 4.68 Å². The lowest BCUT2D eigenvalue weighted by molar-refractivity contribution is 0.112. The summed E-state index contributed by atoms with van der Waals surface area (Å²) < 4.78 is 1.94. The van der Waals surface area contributed by atoms with Crippen LogP contribution in [-0.4, -0.2) is 50.3 Å². The molecule has 0 spiro atoms. The quantitative estimate of drug-likeness (QED) is 0.834. The SMILES string of the molecule is CCCn1nnnc1CN1CC(CC)NCC1CC. The topological polar surface area (TPSA) is 58.9 Å². The van der Waals surface area contributed by atoms with Gasteiger partial charge in [0.2, 0.25) is 0 Å². The maximum Gasteiger partial charge on any atom is 0.165 e. The zero-order valence-corrected chi connectivity index (χ0v) is 12.3. The average Bonchev–Trinajstić information content (AvgIpc) is 2.86. The fourth-order valence-corrected chi connectivity index (χ4v) is 2.70. The Bertz CT molecular complexity index is 377. The molecule has 0 aromatic carbocycles. The van der Waals surface area contributed by atoms with Crippen LogP contribution in [0.3, 0.4) is 0 Å². The number of nitrogens with zero attached hydrogens (tertiary/aromatic N) is 5. The van der Waals surface area contributed by atoms with Crippen molar-refractivity contribution in [2.45, 2.75) is 65.2 Å². The second kappa shape index (κ2) is 6.96. The van der Waals surface area contributed by atoms with E-state index in [0.717, 1.165) is 38.4 Å². The highest BCUT2D eigenvalue weighted by Crippen LogP contribution is 2.14. The normalized spacial score (nSPS) is 24.8. The lowest BCUT2D eigenvalue weighted by atomic mass is 10.1. The molecule has 2 rings (SSSR count). The van der Waals surface area contributed by atoms with Crippen LogP contribution in [0.25, 0.3) is 0 Å². The van der Waals surface area contributed by atoms with Crippen molar-refractivity contribution in [1.82, 2.24) is 30.4 Å². The molecule has 1 fully saturated rings. The molecule has 2 atom stereocenters. The molecule has 0 amide bonds. The van der Waals surface area contributed by atoms with Crippen molar-refractivity contribution in [3.63, 3.8) is 0 Å². The summed E-state index contributed by atoms with van der Waals surface area (Å²) in [6.45, 7) is 10.6. The number of piperazine rings is 1. The molecule has 6 nitrogen and oxygen atoms in total. The Hall–Kier alpha value is -1.01. The molecule has 0 bridgehead atoms. The molecule has 0 saturated carbocycles. The predicted molar refractivity (Wildman–Crippen MR) is 74.7 cm³/mol. The standard InChI is InChI=1S/C13H26N6/c1-4-7-19-13(15-16-17-19)10-18-9-11(5-2)14-8-12(18)6-3/h11-12,14H,4-10H2,1-3H3. The van der Waals surface area contributed by atoms with Gasteiger partial charge in [-0.05, 0) is 29.7 Å². The van der Waals surface area contributed by atoms with Crippen molar-refractivity contribution in [3.8, 4) is 0 Å². The average molecular weight is 266 g/mol. The van der Waals surface area contributed by atoms with Crippen molar-refractivity contribution in [1.29, 1.82) is 0 Å². The first-order valence-corrected chi connectivity index (χ1v) is 7.50. The van der Waals surface area contributed by atoms with Crippen molar-refractivity contribution in [2.24, 2.45) is 0 Å². The van der Waals surface area contributed by atoms with Crippen LogP contribution >= 0.6 is 0 Å². The highest BCUT2D eigenvalue weighted by molar-refractivity contribution is 4.89. The van der Waals surface area contributed by atoms with Gasteiger partial charge in [-0.1, -0.05) is 20.8 Å². The fraction of sp³-hybridized carbons (Fsp3) is 0.923. The Balaban J connectivity index is 2.03. The molecule has 0 radical (unpaired) electrons. The van der Waals surface area contributed by atoms with Crippen LogP contribution in [0, 0.1) is 0 Å². The third kappa shape index (κ3) is 3.51. The van der Waals surface area contributed by atoms with E-state index in [2.05, 4.69) is 46.5 Å². The highest BCUT2D eigenvalue weighted by Gasteiger charge is 2.27.